The lowest BCUT2D eigenvalue weighted by Crippen LogP contribution is -3.00. The molecular formula is C37H46BrNO9. The van der Waals surface area contributed by atoms with Crippen LogP contribution in [-0.2, 0) is 44.6 Å². The number of esters is 3. The van der Waals surface area contributed by atoms with Crippen molar-refractivity contribution in [3.05, 3.63) is 77.7 Å². The maximum atomic E-state index is 13.7. The van der Waals surface area contributed by atoms with Gasteiger partial charge in [0.05, 0.1) is 6.10 Å². The number of aromatic nitrogens is 1. The molecule has 1 aromatic heterocycles. The van der Waals surface area contributed by atoms with E-state index in [-0.39, 0.29) is 53.6 Å². The van der Waals surface area contributed by atoms with Crippen LogP contribution in [0.4, 0.5) is 0 Å². The third kappa shape index (κ3) is 6.34. The van der Waals surface area contributed by atoms with Gasteiger partial charge in [-0.25, -0.2) is 14.4 Å². The monoisotopic (exact) mass is 727 g/mol. The molecule has 4 bridgehead atoms. The van der Waals surface area contributed by atoms with Crippen molar-refractivity contribution >= 4 is 17.9 Å². The fourth-order valence-electron chi connectivity index (χ4n) is 8.47. The van der Waals surface area contributed by atoms with Gasteiger partial charge < -0.3 is 45.8 Å². The average Bonchev–Trinajstić information content (AvgIpc) is 3.64. The first kappa shape index (κ1) is 36.2. The zero-order valence-corrected chi connectivity index (χ0v) is 29.9. The minimum atomic E-state index is -0.984. The van der Waals surface area contributed by atoms with Crippen molar-refractivity contribution in [1.29, 1.82) is 0 Å². The SMILES string of the molecule is CO[C@H]1C[C@H]2C=C[C@H]3[C@H]4O[C@]2(/C(C)=C/[C@@H](C)[C@@H]([C@@H](C)OC(=O)C[n+]2ccccc2C)OC1=O)[C@@H]3[C@H](O)[C@@H](C)[C@H]4OC(=O)C1=CC=CC1.[Br-]. The van der Waals surface area contributed by atoms with Gasteiger partial charge in [-0.15, -0.1) is 0 Å². The van der Waals surface area contributed by atoms with E-state index in [1.807, 2.05) is 70.3 Å². The van der Waals surface area contributed by atoms with E-state index >= 15 is 0 Å². The van der Waals surface area contributed by atoms with Crippen molar-refractivity contribution < 1.29 is 64.7 Å². The summed E-state index contributed by atoms with van der Waals surface area (Å²) in [6.45, 7) is 9.47. The molecule has 48 heavy (non-hydrogen) atoms. The third-order valence-corrected chi connectivity index (χ3v) is 10.9. The van der Waals surface area contributed by atoms with Gasteiger partial charge >= 0.3 is 17.9 Å². The molecule has 3 aliphatic carbocycles. The number of allylic oxidation sites excluding steroid dienone is 3. The number of carbonyl (C=O) groups excluding carboxylic acids is 3. The molecule has 0 amide bonds. The van der Waals surface area contributed by atoms with Crippen LogP contribution >= 0.6 is 0 Å². The summed E-state index contributed by atoms with van der Waals surface area (Å²) in [4.78, 5) is 39.8. The number of halogens is 1. The molecule has 0 radical (unpaired) electrons. The molecule has 3 heterocycles. The van der Waals surface area contributed by atoms with Crippen LogP contribution in [0.15, 0.2) is 72.0 Å². The van der Waals surface area contributed by atoms with Crippen LogP contribution in [0.3, 0.4) is 0 Å². The number of aliphatic hydroxyl groups excluding tert-OH is 1. The molecule has 10 nitrogen and oxygen atoms in total. The lowest BCUT2D eigenvalue weighted by molar-refractivity contribution is -0.692. The third-order valence-electron chi connectivity index (χ3n) is 10.9. The number of cyclic esters (lactones) is 1. The van der Waals surface area contributed by atoms with Crippen molar-refractivity contribution in [2.24, 2.45) is 29.6 Å². The summed E-state index contributed by atoms with van der Waals surface area (Å²) in [5, 5.41) is 11.9. The number of ether oxygens (including phenoxy) is 5. The van der Waals surface area contributed by atoms with Gasteiger partial charge in [0.1, 0.15) is 30.0 Å². The minimum absolute atomic E-state index is 0. The van der Waals surface area contributed by atoms with E-state index in [0.717, 1.165) is 11.3 Å². The molecule has 1 N–H and O–H groups in total. The quantitative estimate of drug-likeness (QED) is 0.185. The Kier molecular flexibility index (Phi) is 10.8. The van der Waals surface area contributed by atoms with E-state index < -0.39 is 66.1 Å². The number of aryl methyl sites for hydroxylation is 1. The second-order valence-corrected chi connectivity index (χ2v) is 13.7. The van der Waals surface area contributed by atoms with Crippen molar-refractivity contribution in [3.8, 4) is 0 Å². The molecule has 1 saturated heterocycles. The minimum Gasteiger partial charge on any atom is -1.00 e. The first-order valence-corrected chi connectivity index (χ1v) is 16.6. The lowest BCUT2D eigenvalue weighted by Gasteiger charge is -2.49. The van der Waals surface area contributed by atoms with Crippen LogP contribution in [0.1, 0.15) is 46.2 Å². The maximum absolute atomic E-state index is 13.7. The van der Waals surface area contributed by atoms with Crippen LogP contribution in [0.2, 0.25) is 0 Å². The highest BCUT2D eigenvalue weighted by Crippen LogP contribution is 2.61. The molecule has 1 saturated carbocycles. The number of rotatable bonds is 7. The van der Waals surface area contributed by atoms with Crippen molar-refractivity contribution in [1.82, 2.24) is 0 Å². The average molecular weight is 729 g/mol. The molecule has 11 heteroatoms. The van der Waals surface area contributed by atoms with E-state index in [1.165, 1.54) is 7.11 Å². The Hall–Kier alpha value is -3.12. The Balaban J connectivity index is 0.00000451. The highest BCUT2D eigenvalue weighted by Gasteiger charge is 2.69. The van der Waals surface area contributed by atoms with Gasteiger partial charge in [0.15, 0.2) is 18.0 Å². The molecule has 0 aromatic carbocycles. The second kappa shape index (κ2) is 14.4. The van der Waals surface area contributed by atoms with Crippen LogP contribution in [-0.4, -0.2) is 72.3 Å². The molecule has 6 rings (SSSR count). The van der Waals surface area contributed by atoms with Gasteiger partial charge in [-0.2, -0.15) is 4.57 Å². The molecule has 260 valence electrons. The summed E-state index contributed by atoms with van der Waals surface area (Å²) in [5.74, 6) is -3.04. The maximum Gasteiger partial charge on any atom is 0.373 e. The molecule has 12 atom stereocenters. The summed E-state index contributed by atoms with van der Waals surface area (Å²) in [6, 6.07) is 5.66. The normalized spacial score (nSPS) is 38.4. The van der Waals surface area contributed by atoms with E-state index in [4.69, 9.17) is 23.7 Å². The Morgan fingerprint density at radius 3 is 2.65 bits per heavy atom. The zero-order chi connectivity index (χ0) is 33.6. The molecule has 0 unspecified atom stereocenters. The lowest BCUT2D eigenvalue weighted by atomic mass is 9.57. The van der Waals surface area contributed by atoms with Crippen LogP contribution < -0.4 is 21.5 Å². The van der Waals surface area contributed by atoms with Gasteiger partial charge in [0.2, 0.25) is 6.54 Å². The molecule has 5 aliphatic rings. The Morgan fingerprint density at radius 2 is 1.96 bits per heavy atom. The number of pyridine rings is 1. The Morgan fingerprint density at radius 1 is 1.19 bits per heavy atom. The summed E-state index contributed by atoms with van der Waals surface area (Å²) >= 11 is 0. The second-order valence-electron chi connectivity index (χ2n) is 13.7. The van der Waals surface area contributed by atoms with Gasteiger partial charge in [-0.1, -0.05) is 56.4 Å². The van der Waals surface area contributed by atoms with Crippen molar-refractivity contribution in [3.63, 3.8) is 0 Å². The molecule has 1 aromatic rings. The molecule has 2 aliphatic heterocycles. The highest BCUT2D eigenvalue weighted by molar-refractivity contribution is 5.90. The smallest absolute Gasteiger partial charge is 0.373 e. The number of nitrogens with zero attached hydrogens (tertiary/aromatic N) is 1. The fraction of sp³-hybridized carbons (Fsp3) is 0.568. The van der Waals surface area contributed by atoms with E-state index in [2.05, 4.69) is 12.2 Å². The standard InChI is InChI=1S/C37H46NO9.BrH/c1-20-17-21(2)37-26(14-15-27-30(37)31(40)23(4)33(34(27)47-37)46-35(41)25-12-7-8-13-25)18-28(43-6)36(42)45-32(20)24(5)44-29(39)19-38-16-10-9-11-22(38)3;/h7-12,14-17,20,23-24,26-28,30-34,40H,13,18-19H2,1-6H3;1H/q+1;/p-1/b21-17+;/t20-,23-,24-,26-,27-,28+,30+,31-,32+,33-,34-,37+;/m1./s1. The number of hydrogen-bond donors (Lipinski definition) is 1. The summed E-state index contributed by atoms with van der Waals surface area (Å²) in [7, 11) is 1.47. The summed E-state index contributed by atoms with van der Waals surface area (Å²) in [6.07, 6.45) is 9.69. The highest BCUT2D eigenvalue weighted by atomic mass is 79.9. The van der Waals surface area contributed by atoms with Gasteiger partial charge in [0.25, 0.3) is 0 Å². The predicted molar refractivity (Wildman–Crippen MR) is 169 cm³/mol. The number of methoxy groups -OCH3 is 1. The van der Waals surface area contributed by atoms with Crippen LogP contribution in [0, 0.1) is 36.5 Å². The van der Waals surface area contributed by atoms with Gasteiger partial charge in [0, 0.05) is 61.3 Å². The molecule has 1 spiro atoms. The van der Waals surface area contributed by atoms with E-state index in [9.17, 15) is 19.5 Å². The van der Waals surface area contributed by atoms with Crippen LogP contribution in [0.5, 0.6) is 0 Å². The molecular weight excluding hydrogens is 682 g/mol. The van der Waals surface area contributed by atoms with Gasteiger partial charge in [-0.05, 0) is 32.3 Å². The predicted octanol–water partition coefficient (Wildman–Crippen LogP) is 0.496. The number of carbonyl (C=O) groups is 3. The first-order valence-electron chi connectivity index (χ1n) is 16.6. The van der Waals surface area contributed by atoms with E-state index in [1.54, 1.807) is 17.6 Å². The fourth-order valence-corrected chi connectivity index (χ4v) is 8.47. The Labute approximate surface area is 292 Å². The zero-order valence-electron chi connectivity index (χ0n) is 28.3. The van der Waals surface area contributed by atoms with E-state index in [0.29, 0.717) is 12.0 Å². The van der Waals surface area contributed by atoms with Crippen molar-refractivity contribution in [2.45, 2.75) is 96.2 Å². The van der Waals surface area contributed by atoms with Crippen LogP contribution in [0.25, 0.3) is 0 Å². The summed E-state index contributed by atoms with van der Waals surface area (Å²) in [5.41, 5.74) is 1.38. The Bertz CT molecular complexity index is 1540. The van der Waals surface area contributed by atoms with Crippen molar-refractivity contribution in [2.75, 3.05) is 7.11 Å². The van der Waals surface area contributed by atoms with Gasteiger partial charge in [-0.3, -0.25) is 0 Å². The topological polar surface area (TPSA) is 121 Å². The number of aliphatic hydroxyl groups is 1. The molecule has 2 fully saturated rings. The summed E-state index contributed by atoms with van der Waals surface area (Å²) < 4.78 is 32.6. The largest absolute Gasteiger partial charge is 1.00 e. The first-order chi connectivity index (χ1) is 22.5. The number of hydrogen-bond acceptors (Lipinski definition) is 9.